The van der Waals surface area contributed by atoms with Crippen molar-refractivity contribution in [1.82, 2.24) is 0 Å². The van der Waals surface area contributed by atoms with Gasteiger partial charge in [0.15, 0.2) is 0 Å². The Morgan fingerprint density at radius 1 is 1.00 bits per heavy atom. The lowest BCUT2D eigenvalue weighted by atomic mass is 9.93. The standard InChI is InChI=1S/C18H21BrO/c1-4-13-7-8-14(5-2)16(11-13)18(20)15-9-6-12(3)10-17(15)19/h6-11,18,20H,4-5H2,1-3H3. The van der Waals surface area contributed by atoms with Crippen LogP contribution in [0.1, 0.15) is 47.8 Å². The SMILES string of the molecule is CCc1ccc(CC)c(C(O)c2ccc(C)cc2Br)c1. The van der Waals surface area contributed by atoms with Crippen molar-refractivity contribution in [2.45, 2.75) is 39.7 Å². The number of hydrogen-bond donors (Lipinski definition) is 1. The van der Waals surface area contributed by atoms with Gasteiger partial charge in [-0.3, -0.25) is 0 Å². The smallest absolute Gasteiger partial charge is 0.105 e. The third-order valence-corrected chi connectivity index (χ3v) is 4.43. The lowest BCUT2D eigenvalue weighted by molar-refractivity contribution is 0.218. The molecule has 0 radical (unpaired) electrons. The Kier molecular flexibility index (Phi) is 5.00. The third kappa shape index (κ3) is 3.13. The van der Waals surface area contributed by atoms with Crippen LogP contribution in [0.15, 0.2) is 40.9 Å². The van der Waals surface area contributed by atoms with E-state index in [2.05, 4.69) is 54.9 Å². The van der Waals surface area contributed by atoms with E-state index in [1.165, 1.54) is 16.7 Å². The van der Waals surface area contributed by atoms with Crippen molar-refractivity contribution in [1.29, 1.82) is 0 Å². The van der Waals surface area contributed by atoms with Gasteiger partial charge in [-0.15, -0.1) is 0 Å². The quantitative estimate of drug-likeness (QED) is 0.838. The van der Waals surface area contributed by atoms with Crippen LogP contribution in [-0.2, 0) is 12.8 Å². The maximum Gasteiger partial charge on any atom is 0.105 e. The second-order valence-electron chi connectivity index (χ2n) is 5.17. The Labute approximate surface area is 129 Å². The van der Waals surface area contributed by atoms with Crippen LogP contribution in [0.5, 0.6) is 0 Å². The summed E-state index contributed by atoms with van der Waals surface area (Å²) in [5, 5.41) is 10.8. The summed E-state index contributed by atoms with van der Waals surface area (Å²) in [6.07, 6.45) is 1.34. The Hall–Kier alpha value is -1.12. The van der Waals surface area contributed by atoms with Crippen LogP contribution in [0.3, 0.4) is 0 Å². The van der Waals surface area contributed by atoms with Gasteiger partial charge in [-0.2, -0.15) is 0 Å². The zero-order valence-electron chi connectivity index (χ0n) is 12.3. The van der Waals surface area contributed by atoms with Crippen LogP contribution in [0.4, 0.5) is 0 Å². The summed E-state index contributed by atoms with van der Waals surface area (Å²) in [5.74, 6) is 0. The van der Waals surface area contributed by atoms with Crippen molar-refractivity contribution in [3.05, 3.63) is 68.7 Å². The van der Waals surface area contributed by atoms with E-state index < -0.39 is 6.10 Å². The number of aliphatic hydroxyl groups is 1. The Balaban J connectivity index is 2.48. The van der Waals surface area contributed by atoms with Gasteiger partial charge >= 0.3 is 0 Å². The van der Waals surface area contributed by atoms with Gasteiger partial charge in [0.2, 0.25) is 0 Å². The van der Waals surface area contributed by atoms with E-state index in [1.807, 2.05) is 18.2 Å². The van der Waals surface area contributed by atoms with Gasteiger partial charge in [-0.05, 0) is 53.6 Å². The van der Waals surface area contributed by atoms with Crippen molar-refractivity contribution in [2.75, 3.05) is 0 Å². The normalized spacial score (nSPS) is 12.4. The number of hydrogen-bond acceptors (Lipinski definition) is 1. The zero-order valence-corrected chi connectivity index (χ0v) is 13.9. The maximum atomic E-state index is 10.8. The molecule has 106 valence electrons. The molecule has 0 saturated heterocycles. The lowest BCUT2D eigenvalue weighted by Crippen LogP contribution is -2.05. The first-order chi connectivity index (χ1) is 9.56. The lowest BCUT2D eigenvalue weighted by Gasteiger charge is -2.18. The molecule has 0 heterocycles. The minimum atomic E-state index is -0.577. The molecular formula is C18H21BrO. The maximum absolute atomic E-state index is 10.8. The van der Waals surface area contributed by atoms with Crippen molar-refractivity contribution in [3.63, 3.8) is 0 Å². The van der Waals surface area contributed by atoms with Crippen LogP contribution in [0, 0.1) is 6.92 Å². The molecule has 2 aromatic rings. The van der Waals surface area contributed by atoms with Crippen LogP contribution >= 0.6 is 15.9 Å². The molecule has 1 atom stereocenters. The van der Waals surface area contributed by atoms with Crippen LogP contribution in [-0.4, -0.2) is 5.11 Å². The van der Waals surface area contributed by atoms with E-state index in [1.54, 1.807) is 0 Å². The van der Waals surface area contributed by atoms with E-state index in [-0.39, 0.29) is 0 Å². The predicted molar refractivity (Wildman–Crippen MR) is 88.1 cm³/mol. The summed E-state index contributed by atoms with van der Waals surface area (Å²) in [7, 11) is 0. The highest BCUT2D eigenvalue weighted by molar-refractivity contribution is 9.10. The van der Waals surface area contributed by atoms with Crippen molar-refractivity contribution in [2.24, 2.45) is 0 Å². The van der Waals surface area contributed by atoms with Gasteiger partial charge in [0, 0.05) is 4.47 Å². The molecule has 0 bridgehead atoms. The second-order valence-corrected chi connectivity index (χ2v) is 6.02. The zero-order chi connectivity index (χ0) is 14.7. The topological polar surface area (TPSA) is 20.2 Å². The van der Waals surface area contributed by atoms with Gasteiger partial charge in [0.25, 0.3) is 0 Å². The fourth-order valence-corrected chi connectivity index (χ4v) is 3.17. The van der Waals surface area contributed by atoms with Gasteiger partial charge < -0.3 is 5.11 Å². The molecule has 0 amide bonds. The molecule has 0 aliphatic rings. The van der Waals surface area contributed by atoms with E-state index in [0.717, 1.165) is 28.4 Å². The average molecular weight is 333 g/mol. The molecule has 2 rings (SSSR count). The Morgan fingerprint density at radius 3 is 2.35 bits per heavy atom. The van der Waals surface area contributed by atoms with Crippen molar-refractivity contribution in [3.8, 4) is 0 Å². The van der Waals surface area contributed by atoms with Gasteiger partial charge in [-0.25, -0.2) is 0 Å². The number of aliphatic hydroxyl groups excluding tert-OH is 1. The van der Waals surface area contributed by atoms with Crippen LogP contribution in [0.25, 0.3) is 0 Å². The molecule has 2 heteroatoms. The number of halogens is 1. The van der Waals surface area contributed by atoms with Gasteiger partial charge in [0.1, 0.15) is 6.10 Å². The summed E-state index contributed by atoms with van der Waals surface area (Å²) in [4.78, 5) is 0. The first kappa shape index (κ1) is 15.3. The van der Waals surface area contributed by atoms with Crippen LogP contribution in [0.2, 0.25) is 0 Å². The summed E-state index contributed by atoms with van der Waals surface area (Å²) in [6, 6.07) is 12.5. The van der Waals surface area contributed by atoms with E-state index in [4.69, 9.17) is 0 Å². The molecule has 1 nitrogen and oxygen atoms in total. The fraction of sp³-hybridized carbons (Fsp3) is 0.333. The minimum absolute atomic E-state index is 0.577. The third-order valence-electron chi connectivity index (χ3n) is 3.74. The molecule has 1 N–H and O–H groups in total. The Bertz CT molecular complexity index is 604. The fourth-order valence-electron chi connectivity index (χ4n) is 2.46. The summed E-state index contributed by atoms with van der Waals surface area (Å²) >= 11 is 3.57. The van der Waals surface area contributed by atoms with Gasteiger partial charge in [0.05, 0.1) is 0 Å². The molecule has 0 spiro atoms. The summed E-state index contributed by atoms with van der Waals surface area (Å²) < 4.78 is 0.967. The number of rotatable bonds is 4. The van der Waals surface area contributed by atoms with E-state index in [0.29, 0.717) is 0 Å². The average Bonchev–Trinajstić information content (AvgIpc) is 2.46. The minimum Gasteiger partial charge on any atom is -0.384 e. The largest absolute Gasteiger partial charge is 0.384 e. The van der Waals surface area contributed by atoms with Gasteiger partial charge in [-0.1, -0.05) is 60.1 Å². The molecular weight excluding hydrogens is 312 g/mol. The molecule has 0 aliphatic carbocycles. The first-order valence-electron chi connectivity index (χ1n) is 7.12. The molecule has 0 aromatic heterocycles. The van der Waals surface area contributed by atoms with Crippen LogP contribution < -0.4 is 0 Å². The number of aryl methyl sites for hydroxylation is 3. The highest BCUT2D eigenvalue weighted by Crippen LogP contribution is 2.32. The summed E-state index contributed by atoms with van der Waals surface area (Å²) in [5.41, 5.74) is 5.61. The van der Waals surface area contributed by atoms with E-state index in [9.17, 15) is 5.11 Å². The molecule has 20 heavy (non-hydrogen) atoms. The van der Waals surface area contributed by atoms with E-state index >= 15 is 0 Å². The highest BCUT2D eigenvalue weighted by Gasteiger charge is 2.17. The Morgan fingerprint density at radius 2 is 1.75 bits per heavy atom. The highest BCUT2D eigenvalue weighted by atomic mass is 79.9. The molecule has 1 unspecified atom stereocenters. The molecule has 0 fully saturated rings. The van der Waals surface area contributed by atoms with Crippen molar-refractivity contribution < 1.29 is 5.11 Å². The monoisotopic (exact) mass is 332 g/mol. The second kappa shape index (κ2) is 6.55. The summed E-state index contributed by atoms with van der Waals surface area (Å²) in [6.45, 7) is 6.32. The molecule has 0 aliphatic heterocycles. The number of benzene rings is 2. The molecule has 0 saturated carbocycles. The first-order valence-corrected chi connectivity index (χ1v) is 7.91. The van der Waals surface area contributed by atoms with Crippen molar-refractivity contribution >= 4 is 15.9 Å². The predicted octanol–water partition coefficient (Wildman–Crippen LogP) is 4.96. The molecule has 2 aromatic carbocycles.